The van der Waals surface area contributed by atoms with Crippen LogP contribution in [0.5, 0.6) is 0 Å². The van der Waals surface area contributed by atoms with E-state index in [1.165, 1.54) is 0 Å². The fraction of sp³-hybridized carbons (Fsp3) is 0.700. The van der Waals surface area contributed by atoms with Gasteiger partial charge in [-0.2, -0.15) is 5.10 Å². The molecule has 1 rings (SSSR count). The minimum Gasteiger partial charge on any atom is -0.396 e. The van der Waals surface area contributed by atoms with E-state index in [1.807, 2.05) is 6.92 Å². The fourth-order valence-corrected chi connectivity index (χ4v) is 1.64. The number of nitrogens with one attached hydrogen (secondary N) is 1. The van der Waals surface area contributed by atoms with Crippen LogP contribution in [0, 0.1) is 17.0 Å². The van der Waals surface area contributed by atoms with Crippen molar-refractivity contribution in [2.45, 2.75) is 33.2 Å². The molecule has 0 aromatic carbocycles. The van der Waals surface area contributed by atoms with Crippen molar-refractivity contribution in [3.63, 3.8) is 0 Å². The average molecular weight is 242 g/mol. The van der Waals surface area contributed by atoms with Gasteiger partial charge in [0.15, 0.2) is 0 Å². The number of rotatable bonds is 7. The average Bonchev–Trinajstić information content (AvgIpc) is 2.61. The van der Waals surface area contributed by atoms with Crippen molar-refractivity contribution in [3.8, 4) is 0 Å². The van der Waals surface area contributed by atoms with Gasteiger partial charge < -0.3 is 10.4 Å². The Kier molecular flexibility index (Phi) is 4.89. The molecule has 0 saturated carbocycles. The maximum atomic E-state index is 10.9. The molecule has 1 heterocycles. The molecular formula is C10H18N4O3. The van der Waals surface area contributed by atoms with Gasteiger partial charge >= 0.3 is 5.69 Å². The molecule has 0 fully saturated rings. The summed E-state index contributed by atoms with van der Waals surface area (Å²) >= 11 is 0. The smallest absolute Gasteiger partial charge is 0.333 e. The van der Waals surface area contributed by atoms with Crippen LogP contribution in [0.1, 0.15) is 25.5 Å². The first-order chi connectivity index (χ1) is 8.11. The topological polar surface area (TPSA) is 93.2 Å². The summed E-state index contributed by atoms with van der Waals surface area (Å²) in [5, 5.41) is 26.7. The van der Waals surface area contributed by atoms with E-state index in [2.05, 4.69) is 10.4 Å². The van der Waals surface area contributed by atoms with Crippen LogP contribution in [0.25, 0.3) is 0 Å². The van der Waals surface area contributed by atoms with E-state index < -0.39 is 4.92 Å². The Bertz CT molecular complexity index is 389. The molecule has 0 aliphatic heterocycles. The highest BCUT2D eigenvalue weighted by Gasteiger charge is 2.24. The lowest BCUT2D eigenvalue weighted by atomic mass is 10.3. The summed E-state index contributed by atoms with van der Waals surface area (Å²) in [5.74, 6) is 0.452. The van der Waals surface area contributed by atoms with Crippen LogP contribution in [0.2, 0.25) is 0 Å². The highest BCUT2D eigenvalue weighted by molar-refractivity contribution is 5.59. The van der Waals surface area contributed by atoms with E-state index in [0.29, 0.717) is 31.0 Å². The molecule has 0 atom stereocenters. The molecule has 0 spiro atoms. The second-order valence-corrected chi connectivity index (χ2v) is 3.71. The van der Waals surface area contributed by atoms with E-state index in [9.17, 15) is 10.1 Å². The summed E-state index contributed by atoms with van der Waals surface area (Å²) in [7, 11) is 0. The maximum absolute atomic E-state index is 10.9. The minimum atomic E-state index is -0.414. The van der Waals surface area contributed by atoms with Gasteiger partial charge in [-0.15, -0.1) is 0 Å². The molecule has 0 aliphatic carbocycles. The molecule has 1 aromatic heterocycles. The summed E-state index contributed by atoms with van der Waals surface area (Å²) in [6.07, 6.45) is 1.45. The third kappa shape index (κ3) is 3.16. The predicted molar refractivity (Wildman–Crippen MR) is 64.1 cm³/mol. The van der Waals surface area contributed by atoms with E-state index in [-0.39, 0.29) is 12.3 Å². The van der Waals surface area contributed by atoms with Gasteiger partial charge in [-0.05, 0) is 26.7 Å². The Morgan fingerprint density at radius 1 is 1.53 bits per heavy atom. The third-order valence-corrected chi connectivity index (χ3v) is 2.46. The Morgan fingerprint density at radius 2 is 2.24 bits per heavy atom. The lowest BCUT2D eigenvalue weighted by Crippen LogP contribution is -2.10. The van der Waals surface area contributed by atoms with Crippen molar-refractivity contribution in [1.82, 2.24) is 9.78 Å². The molecule has 2 N–H and O–H groups in total. The van der Waals surface area contributed by atoms with Crippen LogP contribution in [-0.2, 0) is 6.54 Å². The van der Waals surface area contributed by atoms with Crippen LogP contribution < -0.4 is 5.32 Å². The number of aliphatic hydroxyl groups excluding tert-OH is 1. The first-order valence-corrected chi connectivity index (χ1v) is 5.68. The van der Waals surface area contributed by atoms with Crippen LogP contribution in [0.15, 0.2) is 0 Å². The number of aliphatic hydroxyl groups is 1. The van der Waals surface area contributed by atoms with Gasteiger partial charge in [-0.25, -0.2) is 4.68 Å². The fourth-order valence-electron chi connectivity index (χ4n) is 1.64. The normalized spacial score (nSPS) is 10.5. The Hall–Kier alpha value is -1.63. The molecule has 96 valence electrons. The molecule has 0 bridgehead atoms. The molecule has 0 unspecified atom stereocenters. The Morgan fingerprint density at radius 3 is 2.76 bits per heavy atom. The SMILES string of the molecule is CCn1nc(C)c([N+](=O)[O-])c1NCCCCO. The number of hydrogen-bond donors (Lipinski definition) is 2. The van der Waals surface area contributed by atoms with E-state index >= 15 is 0 Å². The molecule has 0 radical (unpaired) electrons. The number of aryl methyl sites for hydroxylation is 2. The van der Waals surface area contributed by atoms with Gasteiger partial charge in [0.05, 0.1) is 4.92 Å². The second kappa shape index (κ2) is 6.19. The van der Waals surface area contributed by atoms with Crippen molar-refractivity contribution < 1.29 is 10.0 Å². The number of unbranched alkanes of at least 4 members (excludes halogenated alkanes) is 1. The van der Waals surface area contributed by atoms with Crippen molar-refractivity contribution >= 4 is 11.5 Å². The van der Waals surface area contributed by atoms with Crippen LogP contribution >= 0.6 is 0 Å². The van der Waals surface area contributed by atoms with Crippen molar-refractivity contribution in [3.05, 3.63) is 15.8 Å². The molecule has 0 amide bonds. The zero-order valence-corrected chi connectivity index (χ0v) is 10.1. The lowest BCUT2D eigenvalue weighted by molar-refractivity contribution is -0.384. The predicted octanol–water partition coefficient (Wildman–Crippen LogP) is 1.30. The van der Waals surface area contributed by atoms with Gasteiger partial charge in [0.1, 0.15) is 5.69 Å². The van der Waals surface area contributed by atoms with Crippen LogP contribution in [0.4, 0.5) is 11.5 Å². The highest BCUT2D eigenvalue weighted by Crippen LogP contribution is 2.27. The summed E-state index contributed by atoms with van der Waals surface area (Å²) in [5.41, 5.74) is 0.456. The molecular weight excluding hydrogens is 224 g/mol. The van der Waals surface area contributed by atoms with Crippen molar-refractivity contribution in [2.75, 3.05) is 18.5 Å². The molecule has 0 saturated heterocycles. The van der Waals surface area contributed by atoms with Gasteiger partial charge in [0.2, 0.25) is 5.82 Å². The summed E-state index contributed by atoms with van der Waals surface area (Å²) in [6, 6.07) is 0. The van der Waals surface area contributed by atoms with E-state index in [1.54, 1.807) is 11.6 Å². The number of nitrogens with zero attached hydrogens (tertiary/aromatic N) is 3. The number of aromatic nitrogens is 2. The standard InChI is InChI=1S/C10H18N4O3/c1-3-13-10(11-6-4-5-7-15)9(14(16)17)8(2)12-13/h11,15H,3-7H2,1-2H3. The third-order valence-electron chi connectivity index (χ3n) is 2.46. The van der Waals surface area contributed by atoms with E-state index in [4.69, 9.17) is 5.11 Å². The lowest BCUT2D eigenvalue weighted by Gasteiger charge is -2.06. The largest absolute Gasteiger partial charge is 0.396 e. The molecule has 7 nitrogen and oxygen atoms in total. The van der Waals surface area contributed by atoms with Gasteiger partial charge in [0.25, 0.3) is 0 Å². The number of anilines is 1. The summed E-state index contributed by atoms with van der Waals surface area (Å²) in [4.78, 5) is 10.5. The van der Waals surface area contributed by atoms with Gasteiger partial charge in [-0.1, -0.05) is 0 Å². The zero-order valence-electron chi connectivity index (χ0n) is 10.1. The Balaban J connectivity index is 2.83. The van der Waals surface area contributed by atoms with Crippen molar-refractivity contribution in [2.24, 2.45) is 0 Å². The highest BCUT2D eigenvalue weighted by atomic mass is 16.6. The minimum absolute atomic E-state index is 0.0378. The molecule has 1 aromatic rings. The Labute approximate surface area is 99.6 Å². The van der Waals surface area contributed by atoms with Crippen molar-refractivity contribution in [1.29, 1.82) is 0 Å². The molecule has 7 heteroatoms. The summed E-state index contributed by atoms with van der Waals surface area (Å²) < 4.78 is 1.59. The van der Waals surface area contributed by atoms with Crippen LogP contribution in [-0.4, -0.2) is 33.0 Å². The maximum Gasteiger partial charge on any atom is 0.333 e. The monoisotopic (exact) mass is 242 g/mol. The summed E-state index contributed by atoms with van der Waals surface area (Å²) in [6.45, 7) is 4.82. The first-order valence-electron chi connectivity index (χ1n) is 5.68. The number of hydrogen-bond acceptors (Lipinski definition) is 5. The van der Waals surface area contributed by atoms with Gasteiger partial charge in [-0.3, -0.25) is 10.1 Å². The quantitative estimate of drug-likeness (QED) is 0.427. The second-order valence-electron chi connectivity index (χ2n) is 3.71. The molecule has 17 heavy (non-hydrogen) atoms. The van der Waals surface area contributed by atoms with Gasteiger partial charge in [0, 0.05) is 19.7 Å². The first kappa shape index (κ1) is 13.4. The zero-order chi connectivity index (χ0) is 12.8. The molecule has 0 aliphatic rings. The van der Waals surface area contributed by atoms with E-state index in [0.717, 1.165) is 6.42 Å². The van der Waals surface area contributed by atoms with Crippen LogP contribution in [0.3, 0.4) is 0 Å². The number of nitro groups is 1.